The van der Waals surface area contributed by atoms with Crippen LogP contribution in [0.4, 0.5) is 0 Å². The van der Waals surface area contributed by atoms with Crippen molar-refractivity contribution >= 4 is 11.9 Å². The molecule has 1 unspecified atom stereocenters. The first kappa shape index (κ1) is 22.3. The highest BCUT2D eigenvalue weighted by Gasteiger charge is 2.19. The molecule has 0 bridgehead atoms. The van der Waals surface area contributed by atoms with Crippen molar-refractivity contribution in [1.29, 1.82) is 0 Å². The van der Waals surface area contributed by atoms with Crippen LogP contribution in [-0.2, 0) is 23.8 Å². The third-order valence-electron chi connectivity index (χ3n) is 3.37. The van der Waals surface area contributed by atoms with Gasteiger partial charge in [0.1, 0.15) is 13.2 Å². The van der Waals surface area contributed by atoms with Crippen molar-refractivity contribution in [2.24, 2.45) is 5.73 Å². The Bertz CT molecular complexity index is 435. The lowest BCUT2D eigenvalue weighted by molar-refractivity contribution is -0.842. The van der Waals surface area contributed by atoms with E-state index < -0.39 is 0 Å². The van der Waals surface area contributed by atoms with E-state index in [0.717, 1.165) is 24.3 Å². The first-order chi connectivity index (χ1) is 11.5. The molecule has 1 heterocycles. The second-order valence-corrected chi connectivity index (χ2v) is 5.49. The van der Waals surface area contributed by atoms with Crippen LogP contribution < -0.4 is 10.6 Å². The number of rotatable bonds is 9. The van der Waals surface area contributed by atoms with E-state index in [4.69, 9.17) is 15.2 Å². The number of quaternary nitrogens is 1. The van der Waals surface area contributed by atoms with Crippen molar-refractivity contribution in [2.75, 3.05) is 41.0 Å². The number of nitrogens with two attached hydrogens (primary N) is 1. The molecule has 1 aliphatic rings. The highest BCUT2D eigenvalue weighted by Crippen LogP contribution is 2.00. The van der Waals surface area contributed by atoms with Gasteiger partial charge in [0, 0.05) is 34.2 Å². The lowest BCUT2D eigenvalue weighted by Gasteiger charge is -2.21. The molecule has 7 heteroatoms. The zero-order valence-corrected chi connectivity index (χ0v) is 15.2. The summed E-state index contributed by atoms with van der Waals surface area (Å²) in [6, 6.07) is 0. The van der Waals surface area contributed by atoms with Crippen LogP contribution in [0.5, 0.6) is 0 Å². The summed E-state index contributed by atoms with van der Waals surface area (Å²) in [6.07, 6.45) is 7.39. The van der Waals surface area contributed by atoms with Gasteiger partial charge in [-0.1, -0.05) is 6.92 Å². The van der Waals surface area contributed by atoms with Gasteiger partial charge in [0.2, 0.25) is 5.91 Å². The number of carbonyl (C=O) groups excluding carboxylic acids is 2. The number of allylic oxidation sites excluding steroid dienone is 2. The maximum atomic E-state index is 11.3. The molecule has 138 valence electrons. The van der Waals surface area contributed by atoms with E-state index in [9.17, 15) is 9.59 Å². The third-order valence-corrected chi connectivity index (χ3v) is 3.37. The molecule has 1 rings (SSSR count). The molecule has 0 saturated heterocycles. The lowest BCUT2D eigenvalue weighted by Crippen LogP contribution is -3.08. The number of nitrogens with one attached hydrogen (secondary N) is 1. The van der Waals surface area contributed by atoms with Crippen molar-refractivity contribution in [3.63, 3.8) is 0 Å². The number of primary amides is 1. The largest absolute Gasteiger partial charge is 0.463 e. The van der Waals surface area contributed by atoms with Gasteiger partial charge in [-0.25, -0.2) is 0 Å². The van der Waals surface area contributed by atoms with E-state index in [1.807, 2.05) is 19.2 Å². The lowest BCUT2D eigenvalue weighted by atomic mass is 10.1. The van der Waals surface area contributed by atoms with Crippen molar-refractivity contribution in [3.05, 3.63) is 23.9 Å². The molecule has 1 aliphatic heterocycles. The fourth-order valence-corrected chi connectivity index (χ4v) is 2.08. The zero-order valence-electron chi connectivity index (χ0n) is 15.2. The molecular formula is C17H31N2O5+. The monoisotopic (exact) mass is 343 g/mol. The predicted octanol–water partition coefficient (Wildman–Crippen LogP) is -0.179. The summed E-state index contributed by atoms with van der Waals surface area (Å²) in [6.45, 7) is 3.57. The van der Waals surface area contributed by atoms with Gasteiger partial charge in [0.25, 0.3) is 0 Å². The maximum Gasteiger partial charge on any atom is 0.305 e. The van der Waals surface area contributed by atoms with Gasteiger partial charge < -0.3 is 24.8 Å². The number of amides is 1. The molecule has 0 aliphatic carbocycles. The average molecular weight is 343 g/mol. The number of hydrogen-bond donors (Lipinski definition) is 2. The average Bonchev–Trinajstić information content (AvgIpc) is 2.56. The van der Waals surface area contributed by atoms with E-state index in [2.05, 4.69) is 4.74 Å². The zero-order chi connectivity index (χ0) is 18.4. The highest BCUT2D eigenvalue weighted by molar-refractivity contribution is 5.92. The molecule has 0 saturated carbocycles. The second kappa shape index (κ2) is 13.7. The Labute approximate surface area is 144 Å². The summed E-state index contributed by atoms with van der Waals surface area (Å²) < 4.78 is 14.7. The number of esters is 1. The molecule has 0 spiro atoms. The smallest absolute Gasteiger partial charge is 0.305 e. The van der Waals surface area contributed by atoms with E-state index in [0.29, 0.717) is 18.5 Å². The normalized spacial score (nSPS) is 17.3. The van der Waals surface area contributed by atoms with Gasteiger partial charge in [0.15, 0.2) is 0 Å². The van der Waals surface area contributed by atoms with Gasteiger partial charge in [-0.3, -0.25) is 9.59 Å². The third kappa shape index (κ3) is 10.1. The van der Waals surface area contributed by atoms with Crippen LogP contribution in [0.15, 0.2) is 23.9 Å². The van der Waals surface area contributed by atoms with E-state index in [1.54, 1.807) is 27.4 Å². The molecule has 0 fully saturated rings. The van der Waals surface area contributed by atoms with Crippen LogP contribution in [0.2, 0.25) is 0 Å². The van der Waals surface area contributed by atoms with Gasteiger partial charge in [-0.2, -0.15) is 0 Å². The van der Waals surface area contributed by atoms with Crippen molar-refractivity contribution in [1.82, 2.24) is 0 Å². The molecule has 0 aromatic rings. The van der Waals surface area contributed by atoms with Gasteiger partial charge in [0.05, 0.1) is 24.4 Å². The summed E-state index contributed by atoms with van der Waals surface area (Å²) in [5, 5.41) is 0. The molecule has 7 nitrogen and oxygen atoms in total. The van der Waals surface area contributed by atoms with Crippen LogP contribution in [-0.4, -0.2) is 59.0 Å². The second-order valence-electron chi connectivity index (χ2n) is 5.49. The quantitative estimate of drug-likeness (QED) is 0.567. The highest BCUT2D eigenvalue weighted by atomic mass is 16.6. The van der Waals surface area contributed by atoms with Crippen LogP contribution >= 0.6 is 0 Å². The molecule has 0 aromatic heterocycles. The Kier molecular flexibility index (Phi) is 12.7. The first-order valence-corrected chi connectivity index (χ1v) is 8.08. The first-order valence-electron chi connectivity index (χ1n) is 8.08. The number of ether oxygens (including phenoxy) is 3. The van der Waals surface area contributed by atoms with Crippen LogP contribution in [0.1, 0.15) is 26.2 Å². The fraction of sp³-hybridized carbons (Fsp3) is 0.647. The predicted molar refractivity (Wildman–Crippen MR) is 91.3 cm³/mol. The van der Waals surface area contributed by atoms with Crippen molar-refractivity contribution in [2.45, 2.75) is 32.3 Å². The summed E-state index contributed by atoms with van der Waals surface area (Å²) in [7, 11) is 4.86. The summed E-state index contributed by atoms with van der Waals surface area (Å²) >= 11 is 0. The Morgan fingerprint density at radius 3 is 2.54 bits per heavy atom. The number of carbonyl (C=O) groups is 2. The standard InChI is InChI=1S/C15H24N2O4.C2H6O/c1-3-5-14(18)21-11-13(20-2)7-9-17-8-4-6-12(10-17)15(16)19;1-3-2/h4,6,8,13H,3,5,7,9-11H2,1-2H3,(H2,16,19);1-2H3/p+1/t13-;/m0./s1. The molecule has 1 amide bonds. The molecular weight excluding hydrogens is 312 g/mol. The molecule has 24 heavy (non-hydrogen) atoms. The minimum Gasteiger partial charge on any atom is -0.463 e. The molecule has 3 N–H and O–H groups in total. The van der Waals surface area contributed by atoms with Crippen LogP contribution in [0.25, 0.3) is 0 Å². The van der Waals surface area contributed by atoms with Gasteiger partial charge in [-0.15, -0.1) is 0 Å². The van der Waals surface area contributed by atoms with Crippen molar-refractivity contribution in [3.8, 4) is 0 Å². The molecule has 0 aromatic carbocycles. The van der Waals surface area contributed by atoms with E-state index in [-0.39, 0.29) is 24.6 Å². The van der Waals surface area contributed by atoms with Gasteiger partial charge in [-0.05, 0) is 18.6 Å². The Hall–Kier alpha value is -1.70. The minimum absolute atomic E-state index is 0.130. The number of hydrogen-bond acceptors (Lipinski definition) is 5. The van der Waals surface area contributed by atoms with Crippen LogP contribution in [0, 0.1) is 0 Å². The van der Waals surface area contributed by atoms with E-state index in [1.165, 1.54) is 0 Å². The summed E-state index contributed by atoms with van der Waals surface area (Å²) in [5.41, 5.74) is 5.91. The topological polar surface area (TPSA) is 92.3 Å². The molecule has 2 atom stereocenters. The summed E-state index contributed by atoms with van der Waals surface area (Å²) in [4.78, 5) is 23.6. The summed E-state index contributed by atoms with van der Waals surface area (Å²) in [5.74, 6) is -0.572. The molecule has 0 radical (unpaired) electrons. The fourth-order valence-electron chi connectivity index (χ4n) is 2.08. The van der Waals surface area contributed by atoms with Crippen molar-refractivity contribution < 1.29 is 28.7 Å². The Morgan fingerprint density at radius 2 is 2.00 bits per heavy atom. The Morgan fingerprint density at radius 1 is 1.33 bits per heavy atom. The van der Waals surface area contributed by atoms with Crippen LogP contribution in [0.3, 0.4) is 0 Å². The number of methoxy groups -OCH3 is 2. The minimum atomic E-state index is -0.381. The Balaban J connectivity index is 0.00000163. The van der Waals surface area contributed by atoms with E-state index >= 15 is 0 Å². The SMILES string of the molecule is CCCC(=O)OC[C@H](CC[NH+]1C=CC=C(C(N)=O)C1)OC.COC. The maximum absolute atomic E-state index is 11.3. The van der Waals surface area contributed by atoms with Gasteiger partial charge >= 0.3 is 5.97 Å².